The molecule has 0 unspecified atom stereocenters. The molecule has 0 bridgehead atoms. The zero-order valence-corrected chi connectivity index (χ0v) is 10.5. The van der Waals surface area contributed by atoms with Gasteiger partial charge in [-0.1, -0.05) is 0 Å². The fourth-order valence-corrected chi connectivity index (χ4v) is 2.53. The van der Waals surface area contributed by atoms with Crippen molar-refractivity contribution >= 4 is 15.8 Å². The molecular formula is C11H13FO5S. The molecule has 0 aliphatic heterocycles. The minimum Gasteiger partial charge on any atom is -0.478 e. The van der Waals surface area contributed by atoms with Crippen LogP contribution in [0.3, 0.4) is 0 Å². The molecule has 1 aromatic carbocycles. The maximum Gasteiger partial charge on any atom is 0.335 e. The number of ether oxygens (including phenoxy) is 1. The molecule has 0 atom stereocenters. The maximum absolute atomic E-state index is 13.4. The number of hydrogen-bond acceptors (Lipinski definition) is 4. The van der Waals surface area contributed by atoms with E-state index in [1.165, 1.54) is 0 Å². The largest absolute Gasteiger partial charge is 0.478 e. The van der Waals surface area contributed by atoms with E-state index in [1.54, 1.807) is 6.92 Å². The Hall–Kier alpha value is -1.47. The van der Waals surface area contributed by atoms with E-state index < -0.39 is 26.5 Å². The highest BCUT2D eigenvalue weighted by atomic mass is 32.2. The standard InChI is InChI=1S/C11H13FO5S/c1-2-17-5-6-18(15,16)10-7-8(11(13)14)3-4-9(10)12/h3-4,7H,2,5-6H2,1H3,(H,13,14). The summed E-state index contributed by atoms with van der Waals surface area (Å²) in [5, 5.41) is 8.74. The van der Waals surface area contributed by atoms with Crippen molar-refractivity contribution < 1.29 is 27.4 Å². The first-order valence-electron chi connectivity index (χ1n) is 5.22. The Morgan fingerprint density at radius 1 is 1.44 bits per heavy atom. The van der Waals surface area contributed by atoms with Gasteiger partial charge in [-0.2, -0.15) is 0 Å². The Morgan fingerprint density at radius 2 is 2.11 bits per heavy atom. The Kier molecular flexibility index (Phi) is 4.80. The molecule has 1 rings (SSSR count). The van der Waals surface area contributed by atoms with Crippen molar-refractivity contribution in [1.29, 1.82) is 0 Å². The Morgan fingerprint density at radius 3 is 2.67 bits per heavy atom. The molecule has 0 heterocycles. The van der Waals surface area contributed by atoms with Crippen molar-refractivity contribution in [1.82, 2.24) is 0 Å². The molecule has 0 aromatic heterocycles. The van der Waals surface area contributed by atoms with Crippen LogP contribution in [0.4, 0.5) is 4.39 Å². The van der Waals surface area contributed by atoms with E-state index in [4.69, 9.17) is 9.84 Å². The maximum atomic E-state index is 13.4. The summed E-state index contributed by atoms with van der Waals surface area (Å²) in [6.07, 6.45) is 0. The van der Waals surface area contributed by atoms with Crippen LogP contribution in [0.5, 0.6) is 0 Å². The van der Waals surface area contributed by atoms with Crippen molar-refractivity contribution in [3.63, 3.8) is 0 Å². The molecular weight excluding hydrogens is 263 g/mol. The summed E-state index contributed by atoms with van der Waals surface area (Å²) in [7, 11) is -3.88. The molecule has 0 spiro atoms. The van der Waals surface area contributed by atoms with Gasteiger partial charge >= 0.3 is 5.97 Å². The van der Waals surface area contributed by atoms with Crippen LogP contribution in [0, 0.1) is 5.82 Å². The third kappa shape index (κ3) is 3.51. The summed E-state index contributed by atoms with van der Waals surface area (Å²) >= 11 is 0. The Labute approximate surface area is 104 Å². The SMILES string of the molecule is CCOCCS(=O)(=O)c1cc(C(=O)O)ccc1F. The molecule has 0 saturated heterocycles. The van der Waals surface area contributed by atoms with Gasteiger partial charge in [-0.25, -0.2) is 17.6 Å². The van der Waals surface area contributed by atoms with Crippen LogP contribution >= 0.6 is 0 Å². The quantitative estimate of drug-likeness (QED) is 0.793. The van der Waals surface area contributed by atoms with Crippen molar-refractivity contribution in [2.75, 3.05) is 19.0 Å². The number of halogens is 1. The van der Waals surface area contributed by atoms with Crippen molar-refractivity contribution in [2.45, 2.75) is 11.8 Å². The number of carbonyl (C=O) groups is 1. The smallest absolute Gasteiger partial charge is 0.335 e. The zero-order valence-electron chi connectivity index (χ0n) is 9.72. The molecule has 1 N–H and O–H groups in total. The lowest BCUT2D eigenvalue weighted by molar-refractivity contribution is 0.0696. The van der Waals surface area contributed by atoms with E-state index in [1.807, 2.05) is 0 Å². The summed E-state index contributed by atoms with van der Waals surface area (Å²) in [5.41, 5.74) is -0.272. The van der Waals surface area contributed by atoms with Crippen LogP contribution < -0.4 is 0 Å². The topological polar surface area (TPSA) is 80.7 Å². The highest BCUT2D eigenvalue weighted by Crippen LogP contribution is 2.18. The van der Waals surface area contributed by atoms with Crippen molar-refractivity contribution in [3.8, 4) is 0 Å². The van der Waals surface area contributed by atoms with Crippen molar-refractivity contribution in [3.05, 3.63) is 29.6 Å². The molecule has 0 aliphatic carbocycles. The molecule has 1 aromatic rings. The highest BCUT2D eigenvalue weighted by molar-refractivity contribution is 7.91. The minimum atomic E-state index is -3.88. The Balaban J connectivity index is 3.07. The number of carboxylic acids is 1. The van der Waals surface area contributed by atoms with Crippen LogP contribution in [0.25, 0.3) is 0 Å². The van der Waals surface area contributed by atoms with Gasteiger partial charge in [0.05, 0.1) is 17.9 Å². The fourth-order valence-electron chi connectivity index (χ4n) is 1.30. The van der Waals surface area contributed by atoms with Crippen LogP contribution in [0.2, 0.25) is 0 Å². The van der Waals surface area contributed by atoms with E-state index in [9.17, 15) is 17.6 Å². The molecule has 0 saturated carbocycles. The summed E-state index contributed by atoms with van der Waals surface area (Å²) in [6.45, 7) is 2.00. The van der Waals surface area contributed by atoms with E-state index >= 15 is 0 Å². The van der Waals surface area contributed by atoms with Gasteiger partial charge < -0.3 is 9.84 Å². The summed E-state index contributed by atoms with van der Waals surface area (Å²) in [4.78, 5) is 10.1. The molecule has 0 amide bonds. The average molecular weight is 276 g/mol. The lowest BCUT2D eigenvalue weighted by Crippen LogP contribution is -2.14. The van der Waals surface area contributed by atoms with Gasteiger partial charge in [-0.05, 0) is 25.1 Å². The lowest BCUT2D eigenvalue weighted by atomic mass is 10.2. The summed E-state index contributed by atoms with van der Waals surface area (Å²) < 4.78 is 41.9. The van der Waals surface area contributed by atoms with Crippen LogP contribution in [-0.2, 0) is 14.6 Å². The van der Waals surface area contributed by atoms with Gasteiger partial charge in [-0.3, -0.25) is 0 Å². The second kappa shape index (κ2) is 5.92. The first-order valence-corrected chi connectivity index (χ1v) is 6.87. The Bertz CT molecular complexity index is 538. The number of aromatic carboxylic acids is 1. The predicted molar refractivity (Wildman–Crippen MR) is 61.9 cm³/mol. The van der Waals surface area contributed by atoms with Crippen LogP contribution in [-0.4, -0.2) is 38.5 Å². The highest BCUT2D eigenvalue weighted by Gasteiger charge is 2.21. The van der Waals surface area contributed by atoms with E-state index in [0.717, 1.165) is 18.2 Å². The van der Waals surface area contributed by atoms with Gasteiger partial charge in [-0.15, -0.1) is 0 Å². The monoisotopic (exact) mass is 276 g/mol. The second-order valence-corrected chi connectivity index (χ2v) is 5.54. The number of hydrogen-bond donors (Lipinski definition) is 1. The summed E-state index contributed by atoms with van der Waals surface area (Å²) in [6, 6.07) is 2.66. The normalized spacial score (nSPS) is 11.4. The van der Waals surface area contributed by atoms with Crippen LogP contribution in [0.15, 0.2) is 23.1 Å². The number of carboxylic acid groups (broad SMARTS) is 1. The fraction of sp³-hybridized carbons (Fsp3) is 0.364. The molecule has 0 fully saturated rings. The molecule has 18 heavy (non-hydrogen) atoms. The number of benzene rings is 1. The number of rotatable bonds is 6. The van der Waals surface area contributed by atoms with Gasteiger partial charge in [0, 0.05) is 6.61 Å². The van der Waals surface area contributed by atoms with Gasteiger partial charge in [0.25, 0.3) is 0 Å². The first-order chi connectivity index (χ1) is 8.38. The minimum absolute atomic E-state index is 0.0599. The molecule has 0 aliphatic rings. The first kappa shape index (κ1) is 14.6. The lowest BCUT2D eigenvalue weighted by Gasteiger charge is -2.06. The summed E-state index contributed by atoms with van der Waals surface area (Å²) in [5.74, 6) is -2.66. The average Bonchev–Trinajstić information content (AvgIpc) is 2.29. The zero-order chi connectivity index (χ0) is 13.8. The van der Waals surface area contributed by atoms with Crippen molar-refractivity contribution in [2.24, 2.45) is 0 Å². The van der Waals surface area contributed by atoms with Gasteiger partial charge in [0.1, 0.15) is 10.7 Å². The molecule has 7 heteroatoms. The third-order valence-electron chi connectivity index (χ3n) is 2.21. The number of sulfone groups is 1. The van der Waals surface area contributed by atoms with Gasteiger partial charge in [0.2, 0.25) is 0 Å². The second-order valence-electron chi connectivity index (χ2n) is 3.47. The van der Waals surface area contributed by atoms with E-state index in [0.29, 0.717) is 6.61 Å². The third-order valence-corrected chi connectivity index (χ3v) is 3.90. The van der Waals surface area contributed by atoms with Gasteiger partial charge in [0.15, 0.2) is 9.84 Å². The van der Waals surface area contributed by atoms with E-state index in [-0.39, 0.29) is 17.9 Å². The molecule has 5 nitrogen and oxygen atoms in total. The van der Waals surface area contributed by atoms with E-state index in [2.05, 4.69) is 0 Å². The molecule has 0 radical (unpaired) electrons. The predicted octanol–water partition coefficient (Wildman–Crippen LogP) is 1.33. The molecule has 100 valence electrons. The van der Waals surface area contributed by atoms with Crippen LogP contribution in [0.1, 0.15) is 17.3 Å².